The number of halogens is 6. The van der Waals surface area contributed by atoms with Crippen LogP contribution in [0.5, 0.6) is 0 Å². The molecule has 2 saturated heterocycles. The van der Waals surface area contributed by atoms with Crippen molar-refractivity contribution >= 4 is 11.9 Å². The second-order valence-electron chi connectivity index (χ2n) is 7.67. The molecule has 2 aliphatic heterocycles. The minimum atomic E-state index is -5.08. The molecule has 1 aromatic heterocycles. The summed E-state index contributed by atoms with van der Waals surface area (Å²) >= 11 is 0. The van der Waals surface area contributed by atoms with Crippen LogP contribution >= 0.6 is 0 Å². The minimum absolute atomic E-state index is 0.329. The Labute approximate surface area is 179 Å². The van der Waals surface area contributed by atoms with Gasteiger partial charge in [-0.2, -0.15) is 26.3 Å². The highest BCUT2D eigenvalue weighted by molar-refractivity contribution is 5.73. The summed E-state index contributed by atoms with van der Waals surface area (Å²) in [5, 5.41) is 14.2. The Morgan fingerprint density at radius 2 is 1.69 bits per heavy atom. The van der Waals surface area contributed by atoms with E-state index in [9.17, 15) is 26.3 Å². The van der Waals surface area contributed by atoms with E-state index in [1.54, 1.807) is 6.26 Å². The number of rotatable bonds is 4. The molecule has 3 heterocycles. The Kier molecular flexibility index (Phi) is 9.53. The molecule has 2 N–H and O–H groups in total. The SMILES string of the molecule is CN(C)C[C@]12COC[C@H]1CN(Cc1ccco1)C2.O=C(O)C(F)(F)F.O=C(O)C(F)(F)F. The van der Waals surface area contributed by atoms with Crippen molar-refractivity contribution < 1.29 is 55.3 Å². The first kappa shape index (κ1) is 27.7. The lowest BCUT2D eigenvalue weighted by Crippen LogP contribution is -2.40. The second kappa shape index (κ2) is 11.0. The van der Waals surface area contributed by atoms with E-state index in [1.807, 2.05) is 6.07 Å². The van der Waals surface area contributed by atoms with E-state index in [-0.39, 0.29) is 0 Å². The van der Waals surface area contributed by atoms with Crippen LogP contribution in [0.3, 0.4) is 0 Å². The predicted molar refractivity (Wildman–Crippen MR) is 96.7 cm³/mol. The van der Waals surface area contributed by atoms with Crippen molar-refractivity contribution in [2.24, 2.45) is 11.3 Å². The van der Waals surface area contributed by atoms with Gasteiger partial charge in [0.15, 0.2) is 0 Å². The van der Waals surface area contributed by atoms with Crippen LogP contribution in [0, 0.1) is 11.3 Å². The van der Waals surface area contributed by atoms with Gasteiger partial charge in [-0.1, -0.05) is 0 Å². The molecule has 2 fully saturated rings. The molecule has 184 valence electrons. The summed E-state index contributed by atoms with van der Waals surface area (Å²) in [6.07, 6.45) is -8.41. The summed E-state index contributed by atoms with van der Waals surface area (Å²) in [5.74, 6) is -3.77. The molecular weight excluding hydrogens is 454 g/mol. The van der Waals surface area contributed by atoms with Gasteiger partial charge < -0.3 is 24.3 Å². The molecule has 32 heavy (non-hydrogen) atoms. The maximum atomic E-state index is 10.6. The van der Waals surface area contributed by atoms with E-state index in [0.717, 1.165) is 45.2 Å². The summed E-state index contributed by atoms with van der Waals surface area (Å²) < 4.78 is 74.6. The zero-order valence-corrected chi connectivity index (χ0v) is 17.2. The van der Waals surface area contributed by atoms with Crippen molar-refractivity contribution in [3.05, 3.63) is 24.2 Å². The number of furan rings is 1. The molecule has 0 radical (unpaired) electrons. The first-order chi connectivity index (χ1) is 14.6. The van der Waals surface area contributed by atoms with Gasteiger partial charge in [0.2, 0.25) is 0 Å². The van der Waals surface area contributed by atoms with Gasteiger partial charge in [0, 0.05) is 31.0 Å². The van der Waals surface area contributed by atoms with Gasteiger partial charge in [-0.05, 0) is 26.2 Å². The van der Waals surface area contributed by atoms with E-state index in [2.05, 4.69) is 30.0 Å². The Balaban J connectivity index is 0.000000305. The third-order valence-electron chi connectivity index (χ3n) is 4.67. The van der Waals surface area contributed by atoms with Crippen LogP contribution in [-0.2, 0) is 20.9 Å². The number of alkyl halides is 6. The number of hydrogen-bond acceptors (Lipinski definition) is 6. The fourth-order valence-electron chi connectivity index (χ4n) is 3.54. The van der Waals surface area contributed by atoms with Crippen LogP contribution in [-0.4, -0.2) is 91.2 Å². The van der Waals surface area contributed by atoms with Gasteiger partial charge >= 0.3 is 24.3 Å². The van der Waals surface area contributed by atoms with Crippen molar-refractivity contribution in [2.75, 3.05) is 46.9 Å². The Bertz CT molecular complexity index is 713. The zero-order valence-electron chi connectivity index (χ0n) is 17.2. The molecule has 0 bridgehead atoms. The van der Waals surface area contributed by atoms with Crippen LogP contribution in [0.25, 0.3) is 0 Å². The van der Waals surface area contributed by atoms with Gasteiger partial charge in [0.25, 0.3) is 0 Å². The minimum Gasteiger partial charge on any atom is -0.475 e. The topological polar surface area (TPSA) is 103 Å². The van der Waals surface area contributed by atoms with Crippen molar-refractivity contribution in [2.45, 2.75) is 18.9 Å². The van der Waals surface area contributed by atoms with Crippen LogP contribution in [0.4, 0.5) is 26.3 Å². The summed E-state index contributed by atoms with van der Waals surface area (Å²) in [6.45, 7) is 6.13. The van der Waals surface area contributed by atoms with E-state index in [1.165, 1.54) is 0 Å². The third-order valence-corrected chi connectivity index (χ3v) is 4.67. The first-order valence-corrected chi connectivity index (χ1v) is 9.14. The molecule has 0 saturated carbocycles. The normalized spacial score (nSPS) is 23.1. The van der Waals surface area contributed by atoms with Crippen molar-refractivity contribution in [3.63, 3.8) is 0 Å². The Morgan fingerprint density at radius 1 is 1.16 bits per heavy atom. The number of ether oxygens (including phenoxy) is 1. The van der Waals surface area contributed by atoms with Gasteiger partial charge in [0.1, 0.15) is 5.76 Å². The number of nitrogens with zero attached hydrogens (tertiary/aromatic N) is 2. The predicted octanol–water partition coefficient (Wildman–Crippen LogP) is 2.56. The Morgan fingerprint density at radius 3 is 2.09 bits per heavy atom. The highest BCUT2D eigenvalue weighted by Gasteiger charge is 2.50. The largest absolute Gasteiger partial charge is 0.490 e. The maximum Gasteiger partial charge on any atom is 0.490 e. The number of carboxylic acid groups (broad SMARTS) is 2. The van der Waals surface area contributed by atoms with Gasteiger partial charge in [-0.25, -0.2) is 9.59 Å². The third kappa shape index (κ3) is 8.67. The van der Waals surface area contributed by atoms with Gasteiger partial charge in [-0.15, -0.1) is 0 Å². The van der Waals surface area contributed by atoms with E-state index >= 15 is 0 Å². The second-order valence-corrected chi connectivity index (χ2v) is 7.67. The van der Waals surface area contributed by atoms with E-state index in [0.29, 0.717) is 11.3 Å². The summed E-state index contributed by atoms with van der Waals surface area (Å²) in [7, 11) is 4.30. The summed E-state index contributed by atoms with van der Waals surface area (Å²) in [4.78, 5) is 22.6. The van der Waals surface area contributed by atoms with Crippen molar-refractivity contribution in [3.8, 4) is 0 Å². The molecule has 0 spiro atoms. The van der Waals surface area contributed by atoms with Crippen molar-refractivity contribution in [1.29, 1.82) is 0 Å². The number of carboxylic acids is 2. The fraction of sp³-hybridized carbons (Fsp3) is 0.667. The van der Waals surface area contributed by atoms with Gasteiger partial charge in [0.05, 0.1) is 26.0 Å². The Hall–Kier alpha value is -2.32. The molecular formula is C18H24F6N2O6. The zero-order chi connectivity index (χ0) is 24.7. The van der Waals surface area contributed by atoms with Gasteiger partial charge in [-0.3, -0.25) is 4.90 Å². The summed E-state index contributed by atoms with van der Waals surface area (Å²) in [6, 6.07) is 4.02. The lowest BCUT2D eigenvalue weighted by Gasteiger charge is -2.30. The molecule has 0 aliphatic carbocycles. The van der Waals surface area contributed by atoms with E-state index < -0.39 is 24.3 Å². The molecule has 3 rings (SSSR count). The summed E-state index contributed by atoms with van der Waals surface area (Å²) in [5.41, 5.74) is 0.329. The highest BCUT2D eigenvalue weighted by Crippen LogP contribution is 2.42. The quantitative estimate of drug-likeness (QED) is 0.637. The monoisotopic (exact) mass is 478 g/mol. The number of fused-ring (bicyclic) bond motifs is 1. The number of carbonyl (C=O) groups is 2. The number of hydrogen-bond donors (Lipinski definition) is 2. The standard InChI is InChI=1S/C14H22N2O2.2C2HF3O2/c1-15(2)9-14-10-16(6-12(14)8-17-11-14)7-13-4-3-5-18-13;2*3-2(4,5)1(6)7/h3-5,12H,6-11H2,1-2H3;2*(H,6,7)/t12-,14+;;/m1../s1. The smallest absolute Gasteiger partial charge is 0.475 e. The average molecular weight is 478 g/mol. The molecule has 2 atom stereocenters. The van der Waals surface area contributed by atoms with E-state index in [4.69, 9.17) is 29.0 Å². The molecule has 14 heteroatoms. The van der Waals surface area contributed by atoms with Crippen LogP contribution in [0.15, 0.2) is 22.8 Å². The average Bonchev–Trinajstić information content (AvgIpc) is 3.30. The number of likely N-dealkylation sites (tertiary alicyclic amines) is 1. The first-order valence-electron chi connectivity index (χ1n) is 9.14. The van der Waals surface area contributed by atoms with Crippen LogP contribution < -0.4 is 0 Å². The molecule has 0 unspecified atom stereocenters. The molecule has 0 aromatic carbocycles. The fourth-order valence-corrected chi connectivity index (χ4v) is 3.54. The lowest BCUT2D eigenvalue weighted by atomic mass is 9.81. The molecule has 1 aromatic rings. The molecule has 8 nitrogen and oxygen atoms in total. The maximum absolute atomic E-state index is 10.6. The number of aliphatic carboxylic acids is 2. The molecule has 0 amide bonds. The van der Waals surface area contributed by atoms with Crippen LogP contribution in [0.1, 0.15) is 5.76 Å². The van der Waals surface area contributed by atoms with Crippen LogP contribution in [0.2, 0.25) is 0 Å². The van der Waals surface area contributed by atoms with Crippen molar-refractivity contribution in [1.82, 2.24) is 9.80 Å². The lowest BCUT2D eigenvalue weighted by molar-refractivity contribution is -0.193. The molecule has 2 aliphatic rings. The highest BCUT2D eigenvalue weighted by atomic mass is 19.4.